The van der Waals surface area contributed by atoms with Gasteiger partial charge in [-0.1, -0.05) is 12.1 Å². The number of ether oxygens (including phenoxy) is 1. The monoisotopic (exact) mass is 250 g/mol. The molecule has 4 heteroatoms. The Morgan fingerprint density at radius 2 is 2.39 bits per heavy atom. The van der Waals surface area contributed by atoms with E-state index in [4.69, 9.17) is 4.74 Å². The molecule has 0 aliphatic carbocycles. The van der Waals surface area contributed by atoms with Crippen LogP contribution in [-0.4, -0.2) is 49.4 Å². The summed E-state index contributed by atoms with van der Waals surface area (Å²) in [6, 6.07) is 7.81. The van der Waals surface area contributed by atoms with E-state index >= 15 is 0 Å². The summed E-state index contributed by atoms with van der Waals surface area (Å²) in [5.41, 5.74) is 1.15. The van der Waals surface area contributed by atoms with Crippen LogP contribution >= 0.6 is 0 Å². The highest BCUT2D eigenvalue weighted by atomic mass is 16.5. The Hall–Kier alpha value is -1.10. The second-order valence-corrected chi connectivity index (χ2v) is 4.82. The normalized spacial score (nSPS) is 22.9. The highest BCUT2D eigenvalue weighted by Crippen LogP contribution is 2.24. The van der Waals surface area contributed by atoms with Gasteiger partial charge in [-0.15, -0.1) is 0 Å². The topological polar surface area (TPSA) is 44.7 Å². The minimum Gasteiger partial charge on any atom is -0.508 e. The summed E-state index contributed by atoms with van der Waals surface area (Å²) in [5.74, 6) is 0.333. The fourth-order valence-corrected chi connectivity index (χ4v) is 2.44. The zero-order valence-electron chi connectivity index (χ0n) is 11.1. The molecule has 0 saturated carbocycles. The van der Waals surface area contributed by atoms with Gasteiger partial charge in [0.05, 0.1) is 12.7 Å². The number of phenols is 1. The Labute approximate surface area is 109 Å². The number of rotatable bonds is 4. The van der Waals surface area contributed by atoms with Gasteiger partial charge >= 0.3 is 0 Å². The molecule has 4 nitrogen and oxygen atoms in total. The third-order valence-corrected chi connectivity index (χ3v) is 3.50. The van der Waals surface area contributed by atoms with Crippen molar-refractivity contribution in [2.45, 2.75) is 19.1 Å². The molecule has 18 heavy (non-hydrogen) atoms. The van der Waals surface area contributed by atoms with Crippen LogP contribution in [-0.2, 0) is 4.74 Å². The zero-order chi connectivity index (χ0) is 13.0. The second-order valence-electron chi connectivity index (χ2n) is 4.82. The molecule has 0 aromatic heterocycles. The van der Waals surface area contributed by atoms with Crippen LogP contribution in [0, 0.1) is 0 Å². The molecule has 2 rings (SSSR count). The third-order valence-electron chi connectivity index (χ3n) is 3.50. The minimum atomic E-state index is 0.253. The van der Waals surface area contributed by atoms with Crippen molar-refractivity contribution in [2.24, 2.45) is 0 Å². The minimum absolute atomic E-state index is 0.253. The van der Waals surface area contributed by atoms with Crippen molar-refractivity contribution < 1.29 is 9.84 Å². The van der Waals surface area contributed by atoms with Gasteiger partial charge in [0.1, 0.15) is 5.75 Å². The summed E-state index contributed by atoms with van der Waals surface area (Å²) in [6.45, 7) is 5.70. The van der Waals surface area contributed by atoms with Crippen LogP contribution in [0.25, 0.3) is 0 Å². The van der Waals surface area contributed by atoms with Crippen molar-refractivity contribution in [1.29, 1.82) is 0 Å². The van der Waals surface area contributed by atoms with Crippen LogP contribution < -0.4 is 5.32 Å². The van der Waals surface area contributed by atoms with Crippen molar-refractivity contribution >= 4 is 0 Å². The first-order chi connectivity index (χ1) is 8.70. The van der Waals surface area contributed by atoms with Crippen LogP contribution in [0.5, 0.6) is 5.75 Å². The van der Waals surface area contributed by atoms with Crippen molar-refractivity contribution in [3.63, 3.8) is 0 Å². The summed E-state index contributed by atoms with van der Waals surface area (Å²) in [6.07, 6.45) is 0.253. The number of phenolic OH excluding ortho intramolecular Hbond substituents is 1. The zero-order valence-corrected chi connectivity index (χ0v) is 11.1. The van der Waals surface area contributed by atoms with Gasteiger partial charge in [0.15, 0.2) is 0 Å². The van der Waals surface area contributed by atoms with Crippen LogP contribution in [0.3, 0.4) is 0 Å². The molecule has 1 saturated heterocycles. The van der Waals surface area contributed by atoms with E-state index in [1.165, 1.54) is 0 Å². The van der Waals surface area contributed by atoms with Crippen molar-refractivity contribution in [2.75, 3.05) is 33.3 Å². The van der Waals surface area contributed by atoms with Crippen LogP contribution in [0.15, 0.2) is 24.3 Å². The Morgan fingerprint density at radius 1 is 1.56 bits per heavy atom. The Bertz CT molecular complexity index is 382. The predicted molar refractivity (Wildman–Crippen MR) is 71.8 cm³/mol. The standard InChI is InChI=1S/C14H22N2O2/c1-11(12-4-3-5-13(17)8-12)16-6-7-18-14(10-16)9-15-2/h3-5,8,11,14-15,17H,6-7,9-10H2,1-2H3. The highest BCUT2D eigenvalue weighted by molar-refractivity contribution is 5.29. The van der Waals surface area contributed by atoms with Gasteiger partial charge in [-0.2, -0.15) is 0 Å². The van der Waals surface area contributed by atoms with Gasteiger partial charge in [0, 0.05) is 25.7 Å². The average Bonchev–Trinajstić information content (AvgIpc) is 2.39. The molecular weight excluding hydrogens is 228 g/mol. The molecule has 100 valence electrons. The molecule has 2 unspecified atom stereocenters. The number of nitrogens with zero attached hydrogens (tertiary/aromatic N) is 1. The quantitative estimate of drug-likeness (QED) is 0.847. The van der Waals surface area contributed by atoms with E-state index in [0.29, 0.717) is 11.8 Å². The number of nitrogens with one attached hydrogen (secondary N) is 1. The average molecular weight is 250 g/mol. The summed E-state index contributed by atoms with van der Waals surface area (Å²) < 4.78 is 5.70. The van der Waals surface area contributed by atoms with Crippen LogP contribution in [0.1, 0.15) is 18.5 Å². The molecule has 0 radical (unpaired) electrons. The number of hydrogen-bond donors (Lipinski definition) is 2. The number of likely N-dealkylation sites (N-methyl/N-ethyl adjacent to an activating group) is 1. The van der Waals surface area contributed by atoms with Gasteiger partial charge in [0.25, 0.3) is 0 Å². The van der Waals surface area contributed by atoms with Gasteiger partial charge in [0.2, 0.25) is 0 Å². The second kappa shape index (κ2) is 6.18. The van der Waals surface area contributed by atoms with E-state index in [1.54, 1.807) is 6.07 Å². The molecule has 1 aliphatic rings. The van der Waals surface area contributed by atoms with Gasteiger partial charge in [-0.3, -0.25) is 4.90 Å². The largest absolute Gasteiger partial charge is 0.508 e. The lowest BCUT2D eigenvalue weighted by atomic mass is 10.1. The molecule has 0 spiro atoms. The maximum atomic E-state index is 9.54. The Kier molecular flexibility index (Phi) is 4.58. The fraction of sp³-hybridized carbons (Fsp3) is 0.571. The van der Waals surface area contributed by atoms with E-state index in [1.807, 2.05) is 19.2 Å². The number of benzene rings is 1. The van der Waals surface area contributed by atoms with E-state index in [2.05, 4.69) is 23.2 Å². The summed E-state index contributed by atoms with van der Waals surface area (Å²) in [4.78, 5) is 2.40. The molecule has 1 fully saturated rings. The molecule has 0 bridgehead atoms. The van der Waals surface area contributed by atoms with E-state index in [0.717, 1.165) is 31.8 Å². The van der Waals surface area contributed by atoms with Crippen molar-refractivity contribution in [1.82, 2.24) is 10.2 Å². The smallest absolute Gasteiger partial charge is 0.115 e. The number of morpholine rings is 1. The molecule has 1 aliphatic heterocycles. The van der Waals surface area contributed by atoms with Gasteiger partial charge in [-0.05, 0) is 31.7 Å². The lowest BCUT2D eigenvalue weighted by Gasteiger charge is -2.37. The number of aromatic hydroxyl groups is 1. The Morgan fingerprint density at radius 3 is 3.11 bits per heavy atom. The van der Waals surface area contributed by atoms with Gasteiger partial charge < -0.3 is 15.2 Å². The van der Waals surface area contributed by atoms with Gasteiger partial charge in [-0.25, -0.2) is 0 Å². The predicted octanol–water partition coefficient (Wildman–Crippen LogP) is 1.37. The van der Waals surface area contributed by atoms with Crippen molar-refractivity contribution in [3.05, 3.63) is 29.8 Å². The maximum absolute atomic E-state index is 9.54. The lowest BCUT2D eigenvalue weighted by molar-refractivity contribution is -0.0393. The first kappa shape index (κ1) is 13.3. The molecule has 1 heterocycles. The van der Waals surface area contributed by atoms with Crippen LogP contribution in [0.2, 0.25) is 0 Å². The first-order valence-corrected chi connectivity index (χ1v) is 6.50. The van der Waals surface area contributed by atoms with Crippen LogP contribution in [0.4, 0.5) is 0 Å². The summed E-state index contributed by atoms with van der Waals surface area (Å²) in [5, 5.41) is 12.7. The van der Waals surface area contributed by atoms with Crippen molar-refractivity contribution in [3.8, 4) is 5.75 Å². The molecule has 2 atom stereocenters. The molecule has 1 aromatic carbocycles. The Balaban J connectivity index is 2.02. The lowest BCUT2D eigenvalue weighted by Crippen LogP contribution is -2.46. The third kappa shape index (κ3) is 3.22. The van der Waals surface area contributed by atoms with E-state index in [-0.39, 0.29) is 6.10 Å². The summed E-state index contributed by atoms with van der Waals surface area (Å²) in [7, 11) is 1.95. The molecule has 1 aromatic rings. The first-order valence-electron chi connectivity index (χ1n) is 6.50. The molecule has 0 amide bonds. The number of hydrogen-bond acceptors (Lipinski definition) is 4. The summed E-state index contributed by atoms with van der Waals surface area (Å²) >= 11 is 0. The maximum Gasteiger partial charge on any atom is 0.115 e. The van der Waals surface area contributed by atoms with E-state index < -0.39 is 0 Å². The molecular formula is C14H22N2O2. The van der Waals surface area contributed by atoms with E-state index in [9.17, 15) is 5.11 Å². The fourth-order valence-electron chi connectivity index (χ4n) is 2.44. The highest BCUT2D eigenvalue weighted by Gasteiger charge is 2.24. The SMILES string of the molecule is CNCC1CN(C(C)c2cccc(O)c2)CCO1. The molecule has 2 N–H and O–H groups in total.